The molecule has 0 spiro atoms. The Morgan fingerprint density at radius 3 is 2.63 bits per heavy atom. The number of nitrogens with one attached hydrogen (secondary N) is 1. The highest BCUT2D eigenvalue weighted by molar-refractivity contribution is 7.89. The highest BCUT2D eigenvalue weighted by atomic mass is 35.5. The van der Waals surface area contributed by atoms with Crippen molar-refractivity contribution in [1.29, 1.82) is 0 Å². The van der Waals surface area contributed by atoms with Gasteiger partial charge in [-0.2, -0.15) is 0 Å². The van der Waals surface area contributed by atoms with E-state index in [1.807, 2.05) is 0 Å². The predicted molar refractivity (Wildman–Crippen MR) is 104 cm³/mol. The van der Waals surface area contributed by atoms with Crippen LogP contribution in [0.25, 0.3) is 0 Å². The van der Waals surface area contributed by atoms with Crippen LogP contribution in [0, 0.1) is 5.82 Å². The van der Waals surface area contributed by atoms with E-state index in [0.29, 0.717) is 30.6 Å². The molecule has 9 heteroatoms. The Balaban J connectivity index is 0.00000261. The van der Waals surface area contributed by atoms with Gasteiger partial charge in [-0.05, 0) is 49.2 Å². The Hall–Kier alpha value is -2.16. The monoisotopic (exact) mass is 413 g/mol. The molecule has 0 aromatic heterocycles. The van der Waals surface area contributed by atoms with Crippen molar-refractivity contribution in [3.05, 3.63) is 59.9 Å². The van der Waals surface area contributed by atoms with Crippen molar-refractivity contribution < 1.29 is 17.6 Å². The molecule has 146 valence electrons. The second-order valence-corrected chi connectivity index (χ2v) is 8.01. The van der Waals surface area contributed by atoms with E-state index in [2.05, 4.69) is 4.72 Å². The van der Waals surface area contributed by atoms with E-state index in [9.17, 15) is 17.6 Å². The number of carbonyl (C=O) groups is 1. The number of anilines is 1. The van der Waals surface area contributed by atoms with Gasteiger partial charge in [-0.3, -0.25) is 4.79 Å². The summed E-state index contributed by atoms with van der Waals surface area (Å²) < 4.78 is 40.8. The van der Waals surface area contributed by atoms with Crippen molar-refractivity contribution in [3.63, 3.8) is 0 Å². The number of halogens is 2. The molecule has 1 aliphatic rings. The van der Waals surface area contributed by atoms with Crippen molar-refractivity contribution in [2.45, 2.75) is 23.8 Å². The molecule has 27 heavy (non-hydrogen) atoms. The fourth-order valence-electron chi connectivity index (χ4n) is 3.03. The summed E-state index contributed by atoms with van der Waals surface area (Å²) in [6.07, 6.45) is 1.28. The number of nitrogen functional groups attached to an aromatic ring is 1. The van der Waals surface area contributed by atoms with Crippen molar-refractivity contribution >= 4 is 34.0 Å². The van der Waals surface area contributed by atoms with Crippen LogP contribution in [-0.4, -0.2) is 38.4 Å². The van der Waals surface area contributed by atoms with Crippen LogP contribution in [0.1, 0.15) is 23.2 Å². The lowest BCUT2D eigenvalue weighted by atomic mass is 10.1. The van der Waals surface area contributed by atoms with Gasteiger partial charge in [0.25, 0.3) is 5.91 Å². The second-order valence-electron chi connectivity index (χ2n) is 6.29. The Kier molecular flexibility index (Phi) is 6.80. The first-order chi connectivity index (χ1) is 12.3. The van der Waals surface area contributed by atoms with Gasteiger partial charge in [0.2, 0.25) is 10.0 Å². The molecule has 1 aliphatic heterocycles. The Bertz CT molecular complexity index is 924. The van der Waals surface area contributed by atoms with E-state index in [0.717, 1.165) is 6.07 Å². The van der Waals surface area contributed by atoms with Gasteiger partial charge < -0.3 is 10.6 Å². The fraction of sp³-hybridized carbons (Fsp3) is 0.278. The van der Waals surface area contributed by atoms with E-state index in [4.69, 9.17) is 5.73 Å². The molecule has 1 unspecified atom stereocenters. The number of piperidine rings is 1. The molecular formula is C18H21ClFN3O3S. The van der Waals surface area contributed by atoms with Gasteiger partial charge in [0.05, 0.1) is 4.90 Å². The minimum absolute atomic E-state index is 0. The average Bonchev–Trinajstić information content (AvgIpc) is 2.61. The first kappa shape index (κ1) is 21.1. The Morgan fingerprint density at radius 2 is 1.93 bits per heavy atom. The number of hydrogen-bond acceptors (Lipinski definition) is 4. The summed E-state index contributed by atoms with van der Waals surface area (Å²) in [5.74, 6) is -0.804. The van der Waals surface area contributed by atoms with Gasteiger partial charge in [0.1, 0.15) is 5.82 Å². The minimum Gasteiger partial charge on any atom is -0.399 e. The van der Waals surface area contributed by atoms with Gasteiger partial charge in [-0.15, -0.1) is 12.4 Å². The molecule has 1 fully saturated rings. The second kappa shape index (κ2) is 8.69. The van der Waals surface area contributed by atoms with Gasteiger partial charge in [-0.25, -0.2) is 17.5 Å². The molecule has 0 aliphatic carbocycles. The lowest BCUT2D eigenvalue weighted by Crippen LogP contribution is -2.49. The van der Waals surface area contributed by atoms with E-state index in [1.54, 1.807) is 29.2 Å². The van der Waals surface area contributed by atoms with Crippen LogP contribution in [0.5, 0.6) is 0 Å². The molecule has 1 saturated heterocycles. The molecule has 3 rings (SSSR count). The number of hydrogen-bond donors (Lipinski definition) is 2. The number of nitrogens with two attached hydrogens (primary N) is 1. The molecule has 0 saturated carbocycles. The summed E-state index contributed by atoms with van der Waals surface area (Å²) in [4.78, 5) is 14.1. The third-order valence-electron chi connectivity index (χ3n) is 4.27. The number of rotatable bonds is 4. The summed E-state index contributed by atoms with van der Waals surface area (Å²) in [7, 11) is -3.85. The number of nitrogens with zero attached hydrogens (tertiary/aromatic N) is 1. The van der Waals surface area contributed by atoms with Gasteiger partial charge in [-0.1, -0.05) is 12.1 Å². The van der Waals surface area contributed by atoms with E-state index in [1.165, 1.54) is 18.2 Å². The lowest BCUT2D eigenvalue weighted by molar-refractivity contribution is 0.0703. The fourth-order valence-corrected chi connectivity index (χ4v) is 4.33. The van der Waals surface area contributed by atoms with E-state index >= 15 is 0 Å². The number of sulfonamides is 1. The molecule has 6 nitrogen and oxygen atoms in total. The van der Waals surface area contributed by atoms with Crippen molar-refractivity contribution in [3.8, 4) is 0 Å². The Morgan fingerprint density at radius 1 is 1.19 bits per heavy atom. The number of likely N-dealkylation sites (tertiary alicyclic amines) is 1. The number of benzene rings is 2. The molecule has 2 aromatic carbocycles. The van der Waals surface area contributed by atoms with Crippen LogP contribution in [-0.2, 0) is 10.0 Å². The number of carbonyl (C=O) groups excluding carboxylic acids is 1. The Labute approximate surface area is 164 Å². The maximum Gasteiger partial charge on any atom is 0.253 e. The minimum atomic E-state index is -3.85. The van der Waals surface area contributed by atoms with E-state index in [-0.39, 0.29) is 29.8 Å². The van der Waals surface area contributed by atoms with Crippen molar-refractivity contribution in [2.24, 2.45) is 0 Å². The molecule has 2 aromatic rings. The summed E-state index contributed by atoms with van der Waals surface area (Å²) in [6, 6.07) is 11.1. The normalized spacial score (nSPS) is 17.2. The molecule has 1 atom stereocenters. The summed E-state index contributed by atoms with van der Waals surface area (Å²) in [5.41, 5.74) is 6.69. The summed E-state index contributed by atoms with van der Waals surface area (Å²) in [5, 5.41) is 0. The third-order valence-corrected chi connectivity index (χ3v) is 5.79. The maximum atomic E-state index is 13.3. The topological polar surface area (TPSA) is 92.5 Å². The summed E-state index contributed by atoms with van der Waals surface area (Å²) >= 11 is 0. The van der Waals surface area contributed by atoms with Gasteiger partial charge in [0.15, 0.2) is 0 Å². The quantitative estimate of drug-likeness (QED) is 0.753. The first-order valence-corrected chi connectivity index (χ1v) is 9.76. The first-order valence-electron chi connectivity index (χ1n) is 8.28. The van der Waals surface area contributed by atoms with Crippen LogP contribution in [0.4, 0.5) is 10.1 Å². The van der Waals surface area contributed by atoms with Crippen molar-refractivity contribution in [1.82, 2.24) is 9.62 Å². The number of amides is 1. The largest absolute Gasteiger partial charge is 0.399 e. The average molecular weight is 414 g/mol. The molecule has 1 amide bonds. The smallest absolute Gasteiger partial charge is 0.253 e. The zero-order valence-corrected chi connectivity index (χ0v) is 16.1. The molecule has 0 radical (unpaired) electrons. The molecule has 0 bridgehead atoms. The van der Waals surface area contributed by atoms with Crippen LogP contribution >= 0.6 is 12.4 Å². The standard InChI is InChI=1S/C18H20FN3O3S.ClH/c19-14-5-2-8-17(11-14)26(24,25)21-16-7-3-9-22(12-16)18(23)13-4-1-6-15(20)10-13;/h1-2,4-6,8,10-11,16,21H,3,7,9,12,20H2;1H. The summed E-state index contributed by atoms with van der Waals surface area (Å²) in [6.45, 7) is 0.800. The van der Waals surface area contributed by atoms with Crippen LogP contribution in [0.2, 0.25) is 0 Å². The lowest BCUT2D eigenvalue weighted by Gasteiger charge is -2.33. The van der Waals surface area contributed by atoms with Gasteiger partial charge in [0, 0.05) is 30.4 Å². The van der Waals surface area contributed by atoms with Crippen LogP contribution < -0.4 is 10.5 Å². The molecular weight excluding hydrogens is 393 g/mol. The molecule has 1 heterocycles. The zero-order chi connectivity index (χ0) is 18.7. The third kappa shape index (κ3) is 5.18. The molecule has 3 N–H and O–H groups in total. The zero-order valence-electron chi connectivity index (χ0n) is 14.5. The van der Waals surface area contributed by atoms with Crippen LogP contribution in [0.3, 0.4) is 0 Å². The van der Waals surface area contributed by atoms with Gasteiger partial charge >= 0.3 is 0 Å². The SMILES string of the molecule is Cl.Nc1cccc(C(=O)N2CCCC(NS(=O)(=O)c3cccc(F)c3)C2)c1. The highest BCUT2D eigenvalue weighted by Gasteiger charge is 2.28. The maximum absolute atomic E-state index is 13.3. The van der Waals surface area contributed by atoms with Crippen LogP contribution in [0.15, 0.2) is 53.4 Å². The highest BCUT2D eigenvalue weighted by Crippen LogP contribution is 2.18. The van der Waals surface area contributed by atoms with Crippen molar-refractivity contribution in [2.75, 3.05) is 18.8 Å². The van der Waals surface area contributed by atoms with E-state index < -0.39 is 21.9 Å². The predicted octanol–water partition coefficient (Wildman–Crippen LogP) is 2.41.